The summed E-state index contributed by atoms with van der Waals surface area (Å²) in [7, 11) is 4.06. The van der Waals surface area contributed by atoms with E-state index < -0.39 is 0 Å². The number of fused-ring (bicyclic) bond motifs is 1. The van der Waals surface area contributed by atoms with Crippen molar-refractivity contribution >= 4 is 11.6 Å². The van der Waals surface area contributed by atoms with Crippen LogP contribution in [0.1, 0.15) is 37.3 Å². The summed E-state index contributed by atoms with van der Waals surface area (Å²) in [5.41, 5.74) is 4.19. The lowest BCUT2D eigenvalue weighted by molar-refractivity contribution is 0.0263. The van der Waals surface area contributed by atoms with Crippen molar-refractivity contribution in [3.63, 3.8) is 0 Å². The van der Waals surface area contributed by atoms with Gasteiger partial charge >= 0.3 is 0 Å². The number of nitrogens with one attached hydrogen (secondary N) is 1. The van der Waals surface area contributed by atoms with Crippen LogP contribution >= 0.6 is 0 Å². The molecular formula is C20H32N4O. The summed E-state index contributed by atoms with van der Waals surface area (Å²) < 4.78 is 5.74. The van der Waals surface area contributed by atoms with Crippen LogP contribution in [-0.2, 0) is 17.7 Å². The highest BCUT2D eigenvalue weighted by Crippen LogP contribution is 2.26. The second-order valence-corrected chi connectivity index (χ2v) is 7.03. The number of piperidine rings is 1. The standard InChI is InChI=1S/C20H32N4O/c1-4-25-18-9-12-24(13-10-18)20(21-2)22-15-16-7-8-19-17(14-16)6-5-11-23(19)3/h7-8,14,18H,4-6,9-13,15H2,1-3H3,(H,21,22). The molecule has 1 saturated heterocycles. The average molecular weight is 345 g/mol. The summed E-state index contributed by atoms with van der Waals surface area (Å²) in [5.74, 6) is 1.00. The fourth-order valence-electron chi connectivity index (χ4n) is 3.93. The molecule has 0 aromatic heterocycles. The summed E-state index contributed by atoms with van der Waals surface area (Å²) >= 11 is 0. The summed E-state index contributed by atoms with van der Waals surface area (Å²) in [5, 5.41) is 3.54. The minimum absolute atomic E-state index is 0.414. The van der Waals surface area contributed by atoms with E-state index in [4.69, 9.17) is 4.74 Å². The smallest absolute Gasteiger partial charge is 0.193 e. The van der Waals surface area contributed by atoms with E-state index in [9.17, 15) is 0 Å². The van der Waals surface area contributed by atoms with E-state index in [1.807, 2.05) is 7.05 Å². The van der Waals surface area contributed by atoms with Crippen molar-refractivity contribution in [1.82, 2.24) is 10.2 Å². The Labute approximate surface area is 152 Å². The number of benzene rings is 1. The first kappa shape index (κ1) is 18.1. The summed E-state index contributed by atoms with van der Waals surface area (Å²) in [6.45, 7) is 6.90. The average Bonchev–Trinajstić information content (AvgIpc) is 2.64. The van der Waals surface area contributed by atoms with Crippen molar-refractivity contribution in [3.05, 3.63) is 29.3 Å². The van der Waals surface area contributed by atoms with Crippen LogP contribution in [0.15, 0.2) is 23.2 Å². The zero-order valence-electron chi connectivity index (χ0n) is 15.9. The first-order valence-corrected chi connectivity index (χ1v) is 9.61. The van der Waals surface area contributed by atoms with Crippen molar-refractivity contribution in [2.75, 3.05) is 45.2 Å². The van der Waals surface area contributed by atoms with Crippen LogP contribution in [0.3, 0.4) is 0 Å². The van der Waals surface area contributed by atoms with E-state index in [-0.39, 0.29) is 0 Å². The molecule has 0 spiro atoms. The molecule has 0 aliphatic carbocycles. The lowest BCUT2D eigenvalue weighted by atomic mass is 9.99. The number of rotatable bonds is 4. The number of hydrogen-bond donors (Lipinski definition) is 1. The molecule has 138 valence electrons. The third kappa shape index (κ3) is 4.46. The second-order valence-electron chi connectivity index (χ2n) is 7.03. The molecule has 0 radical (unpaired) electrons. The lowest BCUT2D eigenvalue weighted by Gasteiger charge is -2.34. The summed E-state index contributed by atoms with van der Waals surface area (Å²) in [6.07, 6.45) is 5.01. The first-order valence-electron chi connectivity index (χ1n) is 9.61. The molecule has 25 heavy (non-hydrogen) atoms. The van der Waals surface area contributed by atoms with Crippen LogP contribution in [0.25, 0.3) is 0 Å². The Morgan fingerprint density at radius 3 is 2.80 bits per heavy atom. The van der Waals surface area contributed by atoms with Crippen LogP contribution < -0.4 is 10.2 Å². The minimum Gasteiger partial charge on any atom is -0.378 e. The van der Waals surface area contributed by atoms with Crippen molar-refractivity contribution in [2.24, 2.45) is 4.99 Å². The topological polar surface area (TPSA) is 40.1 Å². The Hall–Kier alpha value is -1.75. The first-order chi connectivity index (χ1) is 12.2. The van der Waals surface area contributed by atoms with Crippen molar-refractivity contribution in [3.8, 4) is 0 Å². The number of guanidine groups is 1. The number of hydrogen-bond acceptors (Lipinski definition) is 3. The highest BCUT2D eigenvalue weighted by molar-refractivity contribution is 5.80. The molecule has 2 heterocycles. The summed E-state index contributed by atoms with van der Waals surface area (Å²) in [6, 6.07) is 6.86. The molecular weight excluding hydrogens is 312 g/mol. The maximum Gasteiger partial charge on any atom is 0.193 e. The highest BCUT2D eigenvalue weighted by Gasteiger charge is 2.21. The summed E-state index contributed by atoms with van der Waals surface area (Å²) in [4.78, 5) is 9.19. The molecule has 1 fully saturated rings. The Balaban J connectivity index is 1.55. The molecule has 5 heteroatoms. The second kappa shape index (κ2) is 8.56. The van der Waals surface area contributed by atoms with Crippen molar-refractivity contribution in [1.29, 1.82) is 0 Å². The van der Waals surface area contributed by atoms with Gasteiger partial charge in [0.1, 0.15) is 0 Å². The van der Waals surface area contributed by atoms with E-state index in [0.717, 1.165) is 51.6 Å². The minimum atomic E-state index is 0.414. The SMILES string of the molecule is CCOC1CCN(C(=NC)NCc2ccc3c(c2)CCCN3C)CC1. The number of ether oxygens (including phenoxy) is 1. The van der Waals surface area contributed by atoms with Gasteiger partial charge in [0.25, 0.3) is 0 Å². The van der Waals surface area contributed by atoms with Gasteiger partial charge in [-0.3, -0.25) is 4.99 Å². The Kier molecular flexibility index (Phi) is 6.19. The number of nitrogens with zero attached hydrogens (tertiary/aromatic N) is 3. The maximum atomic E-state index is 5.74. The van der Waals surface area contributed by atoms with Gasteiger partial charge in [0.2, 0.25) is 0 Å². The number of likely N-dealkylation sites (tertiary alicyclic amines) is 1. The van der Waals surface area contributed by atoms with Crippen LogP contribution in [0.4, 0.5) is 5.69 Å². The van der Waals surface area contributed by atoms with Crippen LogP contribution in [0, 0.1) is 0 Å². The molecule has 0 amide bonds. The van der Waals surface area contributed by atoms with Crippen molar-refractivity contribution in [2.45, 2.75) is 45.3 Å². The molecule has 2 aliphatic rings. The van der Waals surface area contributed by atoms with E-state index in [0.29, 0.717) is 6.10 Å². The van der Waals surface area contributed by atoms with Gasteiger partial charge < -0.3 is 19.9 Å². The normalized spacial score (nSPS) is 19.1. The quantitative estimate of drug-likeness (QED) is 0.673. The predicted molar refractivity (Wildman–Crippen MR) is 104 cm³/mol. The lowest BCUT2D eigenvalue weighted by Crippen LogP contribution is -2.46. The predicted octanol–water partition coefficient (Wildman–Crippen LogP) is 2.65. The monoisotopic (exact) mass is 344 g/mol. The Bertz CT molecular complexity index is 593. The third-order valence-corrected chi connectivity index (χ3v) is 5.30. The maximum absolute atomic E-state index is 5.74. The fraction of sp³-hybridized carbons (Fsp3) is 0.650. The van der Waals surface area contributed by atoms with Gasteiger partial charge in [-0.1, -0.05) is 12.1 Å². The molecule has 0 atom stereocenters. The van der Waals surface area contributed by atoms with Crippen LogP contribution in [0.5, 0.6) is 0 Å². The zero-order valence-corrected chi connectivity index (χ0v) is 15.9. The number of aryl methyl sites for hydroxylation is 1. The largest absolute Gasteiger partial charge is 0.378 e. The fourth-order valence-corrected chi connectivity index (χ4v) is 3.93. The van der Waals surface area contributed by atoms with Gasteiger partial charge in [0, 0.05) is 52.6 Å². The van der Waals surface area contributed by atoms with Gasteiger partial charge in [0.05, 0.1) is 6.10 Å². The molecule has 1 N–H and O–H groups in total. The third-order valence-electron chi connectivity index (χ3n) is 5.30. The van der Waals surface area contributed by atoms with Gasteiger partial charge in [-0.05, 0) is 49.8 Å². The van der Waals surface area contributed by atoms with E-state index in [1.54, 1.807) is 0 Å². The van der Waals surface area contributed by atoms with Gasteiger partial charge in [-0.15, -0.1) is 0 Å². The van der Waals surface area contributed by atoms with Crippen LogP contribution in [0.2, 0.25) is 0 Å². The molecule has 0 bridgehead atoms. The molecule has 1 aromatic carbocycles. The van der Waals surface area contributed by atoms with Gasteiger partial charge in [0.15, 0.2) is 5.96 Å². The number of aliphatic imine (C=N–C) groups is 1. The molecule has 0 unspecified atom stereocenters. The van der Waals surface area contributed by atoms with E-state index >= 15 is 0 Å². The molecule has 1 aromatic rings. The Morgan fingerprint density at radius 2 is 2.08 bits per heavy atom. The highest BCUT2D eigenvalue weighted by atomic mass is 16.5. The zero-order chi connectivity index (χ0) is 17.6. The molecule has 0 saturated carbocycles. The number of anilines is 1. The molecule has 5 nitrogen and oxygen atoms in total. The van der Waals surface area contributed by atoms with E-state index in [2.05, 4.69) is 52.3 Å². The Morgan fingerprint density at radius 1 is 1.28 bits per heavy atom. The van der Waals surface area contributed by atoms with Crippen LogP contribution in [-0.4, -0.2) is 57.3 Å². The van der Waals surface area contributed by atoms with Crippen molar-refractivity contribution < 1.29 is 4.74 Å². The van der Waals surface area contributed by atoms with Gasteiger partial charge in [-0.2, -0.15) is 0 Å². The molecule has 3 rings (SSSR count). The molecule has 2 aliphatic heterocycles. The van der Waals surface area contributed by atoms with E-state index in [1.165, 1.54) is 29.7 Å². The van der Waals surface area contributed by atoms with Gasteiger partial charge in [-0.25, -0.2) is 0 Å².